The lowest BCUT2D eigenvalue weighted by molar-refractivity contribution is 0.293. The number of para-hydroxylation sites is 1. The molecule has 8 heteroatoms. The third-order valence-electron chi connectivity index (χ3n) is 5.78. The summed E-state index contributed by atoms with van der Waals surface area (Å²) in [6.07, 6.45) is 3.59. The van der Waals surface area contributed by atoms with Crippen LogP contribution in [0.4, 0.5) is 0 Å². The fourth-order valence-electron chi connectivity index (χ4n) is 4.24. The Balaban J connectivity index is 2.30. The number of fused-ring (bicyclic) bond motifs is 1. The molecule has 0 aliphatic rings. The van der Waals surface area contributed by atoms with Gasteiger partial charge in [0.2, 0.25) is 5.96 Å². The van der Waals surface area contributed by atoms with Crippen LogP contribution < -0.4 is 17.1 Å². The number of hydrogen-bond donors (Lipinski definition) is 3. The van der Waals surface area contributed by atoms with Crippen LogP contribution in [0.15, 0.2) is 99.3 Å². The molecular weight excluding hydrogens is 442 g/mol. The molecule has 1 aromatic heterocycles. The first kappa shape index (κ1) is 25.5. The molecule has 182 valence electrons. The Bertz CT molecular complexity index is 1280. The van der Waals surface area contributed by atoms with Gasteiger partial charge in [-0.25, -0.2) is 4.79 Å². The Kier molecular flexibility index (Phi) is 8.58. The molecule has 2 aromatic carbocycles. The van der Waals surface area contributed by atoms with Crippen molar-refractivity contribution in [2.45, 2.75) is 12.8 Å². The average Bonchev–Trinajstić information content (AvgIpc) is 2.84. The van der Waals surface area contributed by atoms with Crippen molar-refractivity contribution in [1.29, 1.82) is 0 Å². The molecule has 0 saturated carbocycles. The zero-order valence-electron chi connectivity index (χ0n) is 19.8. The molecule has 0 amide bonds. The highest BCUT2D eigenvalue weighted by molar-refractivity contribution is 5.89. The fourth-order valence-corrected chi connectivity index (χ4v) is 4.24. The van der Waals surface area contributed by atoms with Crippen molar-refractivity contribution in [3.63, 3.8) is 0 Å². The molecule has 3 aromatic rings. The Morgan fingerprint density at radius 1 is 1.06 bits per heavy atom. The highest BCUT2D eigenvalue weighted by Gasteiger charge is 2.34. The van der Waals surface area contributed by atoms with Crippen LogP contribution in [-0.2, 0) is 0 Å². The number of nitrogens with two attached hydrogens (primary N) is 2. The Hall–Kier alpha value is -4.17. The van der Waals surface area contributed by atoms with Crippen molar-refractivity contribution < 1.29 is 9.52 Å². The van der Waals surface area contributed by atoms with E-state index in [1.165, 1.54) is 0 Å². The summed E-state index contributed by atoms with van der Waals surface area (Å²) in [5.41, 5.74) is 12.3. The number of hydrogen-bond acceptors (Lipinski definition) is 6. The summed E-state index contributed by atoms with van der Waals surface area (Å²) in [5.74, 6) is -1.31. The Labute approximate surface area is 204 Å². The standard InChI is InChI=1S/C27H31N5O3/c1-4-15-32(16-5-2)17-21(18(3)30-31-27(28)29)23(19-11-7-6-8-12-19)24-25(33)20-13-9-10-14-22(20)35-26(24)34/h4-14,21,23,33H,1-2,15-17H2,3H3,(H4,28,29,31)/b30-18-/t21-,23+/m1/s1. The molecule has 0 unspecified atom stereocenters. The third kappa shape index (κ3) is 6.04. The Morgan fingerprint density at radius 2 is 1.69 bits per heavy atom. The molecule has 0 fully saturated rings. The van der Waals surface area contributed by atoms with E-state index in [0.29, 0.717) is 36.3 Å². The second-order valence-electron chi connectivity index (χ2n) is 8.20. The molecule has 0 aliphatic carbocycles. The average molecular weight is 474 g/mol. The minimum atomic E-state index is -0.617. The fraction of sp³-hybridized carbons (Fsp3) is 0.222. The minimum absolute atomic E-state index is 0.121. The second-order valence-corrected chi connectivity index (χ2v) is 8.20. The summed E-state index contributed by atoms with van der Waals surface area (Å²) in [5, 5.41) is 19.9. The minimum Gasteiger partial charge on any atom is -0.507 e. The van der Waals surface area contributed by atoms with Crippen LogP contribution in [0.3, 0.4) is 0 Å². The van der Waals surface area contributed by atoms with Crippen molar-refractivity contribution in [2.75, 3.05) is 19.6 Å². The van der Waals surface area contributed by atoms with Crippen LogP contribution >= 0.6 is 0 Å². The zero-order valence-corrected chi connectivity index (χ0v) is 19.8. The summed E-state index contributed by atoms with van der Waals surface area (Å²) < 4.78 is 5.64. The van der Waals surface area contributed by atoms with E-state index < -0.39 is 17.5 Å². The maximum atomic E-state index is 13.3. The lowest BCUT2D eigenvalue weighted by Gasteiger charge is -2.32. The van der Waals surface area contributed by atoms with Gasteiger partial charge in [-0.05, 0) is 24.6 Å². The van der Waals surface area contributed by atoms with E-state index in [-0.39, 0.29) is 17.3 Å². The Morgan fingerprint density at radius 3 is 2.31 bits per heavy atom. The van der Waals surface area contributed by atoms with Crippen LogP contribution in [0.25, 0.3) is 11.0 Å². The maximum absolute atomic E-state index is 13.3. The molecule has 8 nitrogen and oxygen atoms in total. The van der Waals surface area contributed by atoms with Crippen molar-refractivity contribution in [2.24, 2.45) is 27.6 Å². The van der Waals surface area contributed by atoms with Crippen LogP contribution in [0.5, 0.6) is 5.75 Å². The predicted octanol–water partition coefficient (Wildman–Crippen LogP) is 3.57. The number of rotatable bonds is 11. The van der Waals surface area contributed by atoms with E-state index in [9.17, 15) is 9.90 Å². The molecule has 0 saturated heterocycles. The van der Waals surface area contributed by atoms with Crippen molar-refractivity contribution >= 4 is 22.6 Å². The molecule has 0 aliphatic heterocycles. The van der Waals surface area contributed by atoms with Gasteiger partial charge in [0.15, 0.2) is 0 Å². The van der Waals surface area contributed by atoms with E-state index in [1.54, 1.807) is 43.3 Å². The maximum Gasteiger partial charge on any atom is 0.343 e. The molecule has 3 rings (SSSR count). The van der Waals surface area contributed by atoms with Crippen molar-refractivity contribution in [1.82, 2.24) is 4.90 Å². The van der Waals surface area contributed by atoms with Crippen molar-refractivity contribution in [3.8, 4) is 5.75 Å². The van der Waals surface area contributed by atoms with Gasteiger partial charge in [-0.3, -0.25) is 4.90 Å². The first-order valence-electron chi connectivity index (χ1n) is 11.2. The topological polar surface area (TPSA) is 130 Å². The first-order valence-corrected chi connectivity index (χ1v) is 11.2. The predicted molar refractivity (Wildman–Crippen MR) is 142 cm³/mol. The number of nitrogens with zero attached hydrogens (tertiary/aromatic N) is 3. The van der Waals surface area contributed by atoms with E-state index in [2.05, 4.69) is 28.3 Å². The third-order valence-corrected chi connectivity index (χ3v) is 5.78. The molecule has 35 heavy (non-hydrogen) atoms. The number of guanidine groups is 1. The van der Waals surface area contributed by atoms with Crippen LogP contribution in [0.2, 0.25) is 0 Å². The summed E-state index contributed by atoms with van der Waals surface area (Å²) in [4.78, 5) is 15.4. The largest absolute Gasteiger partial charge is 0.507 e. The van der Waals surface area contributed by atoms with Crippen LogP contribution in [-0.4, -0.2) is 41.3 Å². The van der Waals surface area contributed by atoms with Gasteiger partial charge in [-0.1, -0.05) is 54.6 Å². The summed E-state index contributed by atoms with van der Waals surface area (Å²) in [7, 11) is 0. The smallest absolute Gasteiger partial charge is 0.343 e. The van der Waals surface area contributed by atoms with Gasteiger partial charge in [0, 0.05) is 37.2 Å². The van der Waals surface area contributed by atoms with Gasteiger partial charge in [-0.15, -0.1) is 18.3 Å². The van der Waals surface area contributed by atoms with Gasteiger partial charge < -0.3 is 21.0 Å². The van der Waals surface area contributed by atoms with Gasteiger partial charge in [-0.2, -0.15) is 5.10 Å². The molecule has 5 N–H and O–H groups in total. The highest BCUT2D eigenvalue weighted by Crippen LogP contribution is 2.39. The quantitative estimate of drug-likeness (QED) is 0.128. The van der Waals surface area contributed by atoms with Crippen LogP contribution in [0.1, 0.15) is 24.0 Å². The lowest BCUT2D eigenvalue weighted by atomic mass is 9.78. The molecule has 2 atom stereocenters. The van der Waals surface area contributed by atoms with Gasteiger partial charge in [0.05, 0.1) is 10.9 Å². The van der Waals surface area contributed by atoms with Gasteiger partial charge in [0.1, 0.15) is 11.3 Å². The van der Waals surface area contributed by atoms with Gasteiger partial charge in [0.25, 0.3) is 0 Å². The molecule has 0 radical (unpaired) electrons. The summed E-state index contributed by atoms with van der Waals surface area (Å²) in [6, 6.07) is 16.4. The van der Waals surface area contributed by atoms with E-state index in [4.69, 9.17) is 15.9 Å². The number of benzene rings is 2. The molecule has 1 heterocycles. The first-order chi connectivity index (χ1) is 16.9. The van der Waals surface area contributed by atoms with E-state index >= 15 is 0 Å². The highest BCUT2D eigenvalue weighted by atomic mass is 16.4. The second kappa shape index (κ2) is 11.8. The normalized spacial score (nSPS) is 13.4. The summed E-state index contributed by atoms with van der Waals surface area (Å²) >= 11 is 0. The van der Waals surface area contributed by atoms with Crippen molar-refractivity contribution in [3.05, 3.63) is 101 Å². The van der Waals surface area contributed by atoms with Crippen LogP contribution in [0, 0.1) is 5.92 Å². The molecule has 0 spiro atoms. The summed E-state index contributed by atoms with van der Waals surface area (Å²) in [6.45, 7) is 11.1. The van der Waals surface area contributed by atoms with E-state index in [1.807, 2.05) is 30.3 Å². The molecular formula is C27H31N5O3. The lowest BCUT2D eigenvalue weighted by Crippen LogP contribution is -2.37. The SMILES string of the molecule is C=CCN(CC=C)C[C@H](/C(C)=N\N=C(N)N)[C@H](c1ccccc1)c1c(O)c2ccccc2oc1=O. The number of aromatic hydroxyl groups is 1. The van der Waals surface area contributed by atoms with Gasteiger partial charge >= 0.3 is 5.63 Å². The van der Waals surface area contributed by atoms with E-state index in [0.717, 1.165) is 5.56 Å². The monoisotopic (exact) mass is 473 g/mol. The zero-order chi connectivity index (χ0) is 25.4. The molecule has 0 bridgehead atoms.